The number of allylic oxidation sites excluding steroid dienone is 4. The summed E-state index contributed by atoms with van der Waals surface area (Å²) >= 11 is 0. The lowest BCUT2D eigenvalue weighted by Gasteiger charge is -2.05. The van der Waals surface area contributed by atoms with Crippen molar-refractivity contribution < 1.29 is 34.1 Å². The second-order valence-corrected chi connectivity index (χ2v) is 7.35. The SMILES string of the molecule is CC(=O)OC/C=C(\CO)CC/C=C(\C)CC/C=C(\CC/C=C(\C)COC(C)=O)C(=O)O. The number of carbonyl (C=O) groups excluding carboxylic acids is 2. The molecule has 0 amide bonds. The van der Waals surface area contributed by atoms with E-state index in [0.717, 1.165) is 29.6 Å². The highest BCUT2D eigenvalue weighted by Gasteiger charge is 2.06. The van der Waals surface area contributed by atoms with Gasteiger partial charge in [0.2, 0.25) is 0 Å². The molecule has 0 unspecified atom stereocenters. The van der Waals surface area contributed by atoms with Crippen molar-refractivity contribution in [3.05, 3.63) is 46.6 Å². The average molecular weight is 437 g/mol. The molecule has 174 valence electrons. The number of ether oxygens (including phenoxy) is 2. The smallest absolute Gasteiger partial charge is 0.331 e. The summed E-state index contributed by atoms with van der Waals surface area (Å²) < 4.78 is 9.74. The fourth-order valence-corrected chi connectivity index (χ4v) is 2.65. The summed E-state index contributed by atoms with van der Waals surface area (Å²) in [5.41, 5.74) is 3.23. The van der Waals surface area contributed by atoms with Crippen molar-refractivity contribution in [2.45, 2.75) is 66.2 Å². The van der Waals surface area contributed by atoms with Crippen LogP contribution in [0.1, 0.15) is 66.2 Å². The van der Waals surface area contributed by atoms with Crippen LogP contribution in [0.25, 0.3) is 0 Å². The van der Waals surface area contributed by atoms with Gasteiger partial charge in [-0.15, -0.1) is 0 Å². The molecule has 0 saturated carbocycles. The molecular formula is C24H36O7. The molecule has 0 aliphatic rings. The Balaban J connectivity index is 4.48. The second-order valence-electron chi connectivity index (χ2n) is 7.35. The summed E-state index contributed by atoms with van der Waals surface area (Å²) in [7, 11) is 0. The molecule has 0 aromatic carbocycles. The van der Waals surface area contributed by atoms with Crippen LogP contribution in [0.2, 0.25) is 0 Å². The third-order valence-corrected chi connectivity index (χ3v) is 4.43. The minimum atomic E-state index is -0.918. The Bertz CT molecular complexity index is 711. The summed E-state index contributed by atoms with van der Waals surface area (Å²) in [6.07, 6.45) is 11.2. The lowest BCUT2D eigenvalue weighted by atomic mass is 10.0. The maximum absolute atomic E-state index is 11.4. The van der Waals surface area contributed by atoms with E-state index < -0.39 is 5.97 Å². The van der Waals surface area contributed by atoms with Gasteiger partial charge in [0.05, 0.1) is 6.61 Å². The number of carboxylic acid groups (broad SMARTS) is 1. The predicted octanol–water partition coefficient (Wildman–Crippen LogP) is 4.28. The van der Waals surface area contributed by atoms with Crippen molar-refractivity contribution in [1.82, 2.24) is 0 Å². The molecule has 0 rings (SSSR count). The van der Waals surface area contributed by atoms with Crippen LogP contribution in [-0.4, -0.2) is 47.9 Å². The van der Waals surface area contributed by atoms with Gasteiger partial charge in [-0.3, -0.25) is 9.59 Å². The highest BCUT2D eigenvalue weighted by Crippen LogP contribution is 2.14. The number of aliphatic hydroxyl groups is 1. The van der Waals surface area contributed by atoms with Crippen molar-refractivity contribution in [1.29, 1.82) is 0 Å². The van der Waals surface area contributed by atoms with Crippen LogP contribution in [0.15, 0.2) is 46.6 Å². The molecule has 0 heterocycles. The highest BCUT2D eigenvalue weighted by molar-refractivity contribution is 5.86. The van der Waals surface area contributed by atoms with E-state index in [9.17, 15) is 24.6 Å². The van der Waals surface area contributed by atoms with Crippen molar-refractivity contribution in [2.75, 3.05) is 19.8 Å². The van der Waals surface area contributed by atoms with Crippen LogP contribution in [0.5, 0.6) is 0 Å². The zero-order chi connectivity index (χ0) is 23.6. The van der Waals surface area contributed by atoms with E-state index in [1.54, 1.807) is 12.2 Å². The Morgan fingerprint density at radius 3 is 1.90 bits per heavy atom. The number of hydrogen-bond acceptors (Lipinski definition) is 6. The van der Waals surface area contributed by atoms with Crippen molar-refractivity contribution in [3.63, 3.8) is 0 Å². The first-order valence-electron chi connectivity index (χ1n) is 10.4. The van der Waals surface area contributed by atoms with Gasteiger partial charge in [-0.25, -0.2) is 4.79 Å². The van der Waals surface area contributed by atoms with Gasteiger partial charge in [-0.05, 0) is 69.6 Å². The summed E-state index contributed by atoms with van der Waals surface area (Å²) in [6.45, 7) is 6.84. The molecule has 0 aliphatic heterocycles. The van der Waals surface area contributed by atoms with Crippen molar-refractivity contribution >= 4 is 17.9 Å². The van der Waals surface area contributed by atoms with Crippen LogP contribution in [0.3, 0.4) is 0 Å². The molecular weight excluding hydrogens is 400 g/mol. The van der Waals surface area contributed by atoms with E-state index in [4.69, 9.17) is 9.47 Å². The predicted molar refractivity (Wildman–Crippen MR) is 119 cm³/mol. The van der Waals surface area contributed by atoms with Gasteiger partial charge in [0, 0.05) is 19.4 Å². The van der Waals surface area contributed by atoms with Gasteiger partial charge < -0.3 is 19.7 Å². The number of aliphatic carboxylic acids is 1. The molecule has 7 nitrogen and oxygen atoms in total. The third-order valence-electron chi connectivity index (χ3n) is 4.43. The largest absolute Gasteiger partial charge is 0.478 e. The Hall–Kier alpha value is -2.67. The normalized spacial score (nSPS) is 13.2. The Morgan fingerprint density at radius 2 is 1.32 bits per heavy atom. The molecule has 7 heteroatoms. The fourth-order valence-electron chi connectivity index (χ4n) is 2.65. The van der Waals surface area contributed by atoms with E-state index in [-0.39, 0.29) is 31.8 Å². The van der Waals surface area contributed by atoms with Gasteiger partial charge in [-0.2, -0.15) is 0 Å². The summed E-state index contributed by atoms with van der Waals surface area (Å²) in [5.74, 6) is -1.61. The minimum Gasteiger partial charge on any atom is -0.478 e. The third kappa shape index (κ3) is 16.8. The highest BCUT2D eigenvalue weighted by atomic mass is 16.5. The number of aliphatic hydroxyl groups excluding tert-OH is 1. The molecule has 0 bridgehead atoms. The first-order valence-corrected chi connectivity index (χ1v) is 10.4. The molecule has 31 heavy (non-hydrogen) atoms. The van der Waals surface area contributed by atoms with Gasteiger partial charge in [-0.1, -0.05) is 23.8 Å². The number of carboxylic acids is 1. The molecule has 0 aliphatic carbocycles. The topological polar surface area (TPSA) is 110 Å². The summed E-state index contributed by atoms with van der Waals surface area (Å²) in [6, 6.07) is 0. The maximum Gasteiger partial charge on any atom is 0.331 e. The van der Waals surface area contributed by atoms with Gasteiger partial charge in [0.25, 0.3) is 0 Å². The van der Waals surface area contributed by atoms with Crippen LogP contribution in [0, 0.1) is 0 Å². The molecule has 0 spiro atoms. The zero-order valence-corrected chi connectivity index (χ0v) is 19.1. The van der Waals surface area contributed by atoms with Gasteiger partial charge >= 0.3 is 17.9 Å². The van der Waals surface area contributed by atoms with E-state index in [1.807, 2.05) is 19.9 Å². The van der Waals surface area contributed by atoms with Crippen molar-refractivity contribution in [3.8, 4) is 0 Å². The number of carbonyl (C=O) groups is 3. The zero-order valence-electron chi connectivity index (χ0n) is 19.1. The van der Waals surface area contributed by atoms with Gasteiger partial charge in [0.1, 0.15) is 13.2 Å². The number of hydrogen-bond donors (Lipinski definition) is 2. The lowest BCUT2D eigenvalue weighted by molar-refractivity contribution is -0.140. The van der Waals surface area contributed by atoms with E-state index in [2.05, 4.69) is 6.08 Å². The van der Waals surface area contributed by atoms with E-state index in [0.29, 0.717) is 31.3 Å². The molecule has 0 aromatic heterocycles. The standard InChI is InChI=1S/C24H36O7/c1-18(8-5-11-22(16-25)14-15-30-20(3)26)9-6-12-23(24(28)29)13-7-10-19(2)17-31-21(4)27/h8,10,12,14,25H,5-7,9,11,13,15-17H2,1-4H3,(H,28,29)/b18-8+,19-10+,22-14-,23-12+. The Morgan fingerprint density at radius 1 is 0.742 bits per heavy atom. The van der Waals surface area contributed by atoms with E-state index >= 15 is 0 Å². The maximum atomic E-state index is 11.4. The summed E-state index contributed by atoms with van der Waals surface area (Å²) in [4.78, 5) is 33.0. The first kappa shape index (κ1) is 28.3. The Kier molecular flexibility index (Phi) is 15.6. The molecule has 0 saturated heterocycles. The average Bonchev–Trinajstić information content (AvgIpc) is 2.69. The van der Waals surface area contributed by atoms with E-state index in [1.165, 1.54) is 13.8 Å². The van der Waals surface area contributed by atoms with Crippen LogP contribution >= 0.6 is 0 Å². The van der Waals surface area contributed by atoms with Crippen LogP contribution in [0.4, 0.5) is 0 Å². The first-order chi connectivity index (χ1) is 14.6. The van der Waals surface area contributed by atoms with Crippen LogP contribution in [-0.2, 0) is 23.9 Å². The second kappa shape index (κ2) is 17.1. The molecule has 0 aromatic rings. The molecule has 0 fully saturated rings. The summed E-state index contributed by atoms with van der Waals surface area (Å²) in [5, 5.41) is 18.7. The molecule has 0 radical (unpaired) electrons. The minimum absolute atomic E-state index is 0.0757. The Labute approximate surface area is 185 Å². The quantitative estimate of drug-likeness (QED) is 0.224. The molecule has 2 N–H and O–H groups in total. The van der Waals surface area contributed by atoms with Crippen LogP contribution < -0.4 is 0 Å². The van der Waals surface area contributed by atoms with Gasteiger partial charge in [0.15, 0.2) is 0 Å². The lowest BCUT2D eigenvalue weighted by Crippen LogP contribution is -2.02. The molecule has 0 atom stereocenters. The van der Waals surface area contributed by atoms with Crippen molar-refractivity contribution in [2.24, 2.45) is 0 Å². The fraction of sp³-hybridized carbons (Fsp3) is 0.542. The monoisotopic (exact) mass is 436 g/mol. The number of esters is 2. The number of rotatable bonds is 15.